The van der Waals surface area contributed by atoms with Crippen molar-refractivity contribution >= 4 is 43.4 Å². The number of fused-ring (bicyclic) bond motifs is 6. The van der Waals surface area contributed by atoms with Gasteiger partial charge in [-0.15, -0.1) is 0 Å². The van der Waals surface area contributed by atoms with Gasteiger partial charge in [0.05, 0.1) is 22.7 Å². The molecule has 60 heavy (non-hydrogen) atoms. The standard InChI is InChI=1S/C54H32N6/c55-33-34-11-7-17-41(27-34)46-31-48-45-20-10-26-57-51(45)47(32-49(48)44-19-9-25-56-50(44)46)42-24-23-39-28-38(21-22-40(39)29-42)37-16-8-18-43(30-37)54-59-52(35-12-3-1-4-13-35)58-53(60-54)36-14-5-2-6-15-36/h1-32H. The molecule has 0 atom stereocenters. The van der Waals surface area contributed by atoms with E-state index in [1.807, 2.05) is 109 Å². The van der Waals surface area contributed by atoms with E-state index in [1.54, 1.807) is 0 Å². The Kier molecular flexibility index (Phi) is 8.42. The highest BCUT2D eigenvalue weighted by Crippen LogP contribution is 2.41. The second-order valence-corrected chi connectivity index (χ2v) is 14.8. The molecule has 0 amide bonds. The molecule has 6 heteroatoms. The summed E-state index contributed by atoms with van der Waals surface area (Å²) in [7, 11) is 0. The van der Waals surface area contributed by atoms with E-state index in [9.17, 15) is 5.26 Å². The van der Waals surface area contributed by atoms with Crippen LogP contribution in [0.4, 0.5) is 0 Å². The topological polar surface area (TPSA) is 88.2 Å². The normalized spacial score (nSPS) is 11.3. The lowest BCUT2D eigenvalue weighted by Crippen LogP contribution is -2.00. The first-order chi connectivity index (χ1) is 29.7. The van der Waals surface area contributed by atoms with Crippen LogP contribution >= 0.6 is 0 Å². The average Bonchev–Trinajstić information content (AvgIpc) is 3.33. The second-order valence-electron chi connectivity index (χ2n) is 14.8. The Labute approximate surface area is 345 Å². The third-order valence-corrected chi connectivity index (χ3v) is 11.2. The Bertz CT molecular complexity index is 3440. The first-order valence-electron chi connectivity index (χ1n) is 19.8. The summed E-state index contributed by atoms with van der Waals surface area (Å²) >= 11 is 0. The zero-order chi connectivity index (χ0) is 40.0. The lowest BCUT2D eigenvalue weighted by Gasteiger charge is -2.15. The lowest BCUT2D eigenvalue weighted by atomic mass is 9.90. The summed E-state index contributed by atoms with van der Waals surface area (Å²) in [4.78, 5) is 24.6. The quantitative estimate of drug-likeness (QED) is 0.157. The van der Waals surface area contributed by atoms with Gasteiger partial charge in [-0.05, 0) is 98.4 Å². The predicted molar refractivity (Wildman–Crippen MR) is 243 cm³/mol. The SMILES string of the molecule is N#Cc1cccc(-c2cc3c4cccnc4c(-c4ccc5cc(-c6cccc(-c7nc(-c8ccccc8)nc(-c8ccccc8)n7)c6)ccc5c4)cc3c3cccnc23)c1. The maximum Gasteiger partial charge on any atom is 0.164 e. The predicted octanol–water partition coefficient (Wildman–Crippen LogP) is 13.1. The fraction of sp³-hybridized carbons (Fsp3) is 0. The molecule has 0 aliphatic heterocycles. The maximum absolute atomic E-state index is 9.65. The van der Waals surface area contributed by atoms with E-state index in [-0.39, 0.29) is 0 Å². The summed E-state index contributed by atoms with van der Waals surface area (Å²) in [6.07, 6.45) is 3.70. The molecule has 8 aromatic carbocycles. The molecular weight excluding hydrogens is 733 g/mol. The van der Waals surface area contributed by atoms with E-state index < -0.39 is 0 Å². The highest BCUT2D eigenvalue weighted by atomic mass is 15.0. The van der Waals surface area contributed by atoms with E-state index in [4.69, 9.17) is 24.9 Å². The summed E-state index contributed by atoms with van der Waals surface area (Å²) in [6.45, 7) is 0. The number of hydrogen-bond acceptors (Lipinski definition) is 6. The van der Waals surface area contributed by atoms with Gasteiger partial charge >= 0.3 is 0 Å². The van der Waals surface area contributed by atoms with Crippen LogP contribution in [0.2, 0.25) is 0 Å². The van der Waals surface area contributed by atoms with Crippen LogP contribution in [0.25, 0.3) is 111 Å². The molecule has 0 N–H and O–H groups in total. The molecule has 0 saturated heterocycles. The van der Waals surface area contributed by atoms with Crippen molar-refractivity contribution in [3.8, 4) is 73.6 Å². The van der Waals surface area contributed by atoms with E-state index >= 15 is 0 Å². The molecule has 0 aliphatic carbocycles. The monoisotopic (exact) mass is 764 g/mol. The zero-order valence-electron chi connectivity index (χ0n) is 32.2. The minimum absolute atomic E-state index is 0.616. The van der Waals surface area contributed by atoms with Crippen LogP contribution in [0.5, 0.6) is 0 Å². The Balaban J connectivity index is 0.995. The molecule has 3 heterocycles. The molecule has 0 fully saturated rings. The van der Waals surface area contributed by atoms with Crippen LogP contribution < -0.4 is 0 Å². The maximum atomic E-state index is 9.65. The second kappa shape index (κ2) is 14.5. The third-order valence-electron chi connectivity index (χ3n) is 11.2. The summed E-state index contributed by atoms with van der Waals surface area (Å²) in [5, 5.41) is 16.2. The Hall–Kier alpha value is -8.40. The summed E-state index contributed by atoms with van der Waals surface area (Å²) in [5.41, 5.74) is 11.5. The summed E-state index contributed by atoms with van der Waals surface area (Å²) < 4.78 is 0. The summed E-state index contributed by atoms with van der Waals surface area (Å²) in [6, 6.07) is 64.5. The molecule has 0 aliphatic rings. The van der Waals surface area contributed by atoms with E-state index in [0.717, 1.165) is 93.4 Å². The van der Waals surface area contributed by atoms with Crippen LogP contribution in [-0.2, 0) is 0 Å². The molecule has 6 nitrogen and oxygen atoms in total. The van der Waals surface area contributed by atoms with Crippen LogP contribution in [0.15, 0.2) is 194 Å². The Morgan fingerprint density at radius 2 is 0.800 bits per heavy atom. The van der Waals surface area contributed by atoms with Gasteiger partial charge in [-0.3, -0.25) is 9.97 Å². The number of nitrogens with zero attached hydrogens (tertiary/aromatic N) is 6. The number of nitriles is 1. The minimum atomic E-state index is 0.616. The number of pyridine rings is 2. The first-order valence-corrected chi connectivity index (χ1v) is 19.8. The Morgan fingerprint density at radius 1 is 0.333 bits per heavy atom. The van der Waals surface area contributed by atoms with Gasteiger partial charge < -0.3 is 0 Å². The van der Waals surface area contributed by atoms with Crippen LogP contribution in [0.1, 0.15) is 5.56 Å². The minimum Gasteiger partial charge on any atom is -0.256 e. The highest BCUT2D eigenvalue weighted by molar-refractivity contribution is 6.22. The smallest absolute Gasteiger partial charge is 0.164 e. The molecule has 278 valence electrons. The number of hydrogen-bond donors (Lipinski definition) is 0. The molecule has 11 aromatic rings. The van der Waals surface area contributed by atoms with Gasteiger partial charge in [-0.2, -0.15) is 5.26 Å². The van der Waals surface area contributed by atoms with Gasteiger partial charge in [0.15, 0.2) is 17.5 Å². The summed E-state index contributed by atoms with van der Waals surface area (Å²) in [5.74, 6) is 1.90. The van der Waals surface area contributed by atoms with Crippen molar-refractivity contribution in [2.75, 3.05) is 0 Å². The largest absolute Gasteiger partial charge is 0.256 e. The fourth-order valence-electron chi connectivity index (χ4n) is 8.27. The molecule has 3 aromatic heterocycles. The number of benzene rings is 8. The number of rotatable bonds is 6. The van der Waals surface area contributed by atoms with Crippen LogP contribution in [0.3, 0.4) is 0 Å². The van der Waals surface area contributed by atoms with Gasteiger partial charge in [0.1, 0.15) is 0 Å². The van der Waals surface area contributed by atoms with Gasteiger partial charge in [-0.25, -0.2) is 15.0 Å². The van der Waals surface area contributed by atoms with Crippen molar-refractivity contribution in [2.24, 2.45) is 0 Å². The van der Waals surface area contributed by atoms with E-state index in [1.165, 1.54) is 0 Å². The van der Waals surface area contributed by atoms with Crippen molar-refractivity contribution < 1.29 is 0 Å². The third kappa shape index (κ3) is 6.19. The zero-order valence-corrected chi connectivity index (χ0v) is 32.2. The van der Waals surface area contributed by atoms with Crippen molar-refractivity contribution in [1.29, 1.82) is 5.26 Å². The molecule has 0 saturated carbocycles. The van der Waals surface area contributed by atoms with Gasteiger partial charge in [0, 0.05) is 51.0 Å². The van der Waals surface area contributed by atoms with Gasteiger partial charge in [0.25, 0.3) is 0 Å². The van der Waals surface area contributed by atoms with Gasteiger partial charge in [0.2, 0.25) is 0 Å². The van der Waals surface area contributed by atoms with Gasteiger partial charge in [-0.1, -0.05) is 127 Å². The van der Waals surface area contributed by atoms with Crippen molar-refractivity contribution in [1.82, 2.24) is 24.9 Å². The lowest BCUT2D eigenvalue weighted by molar-refractivity contribution is 1.07. The fourth-order valence-corrected chi connectivity index (χ4v) is 8.27. The highest BCUT2D eigenvalue weighted by Gasteiger charge is 2.17. The molecule has 0 radical (unpaired) electrons. The van der Waals surface area contributed by atoms with Crippen molar-refractivity contribution in [3.63, 3.8) is 0 Å². The van der Waals surface area contributed by atoms with Crippen LogP contribution in [0, 0.1) is 11.3 Å². The van der Waals surface area contributed by atoms with E-state index in [2.05, 4.69) is 91.0 Å². The van der Waals surface area contributed by atoms with Crippen LogP contribution in [-0.4, -0.2) is 24.9 Å². The first kappa shape index (κ1) is 34.8. The molecule has 0 spiro atoms. The molecule has 0 bridgehead atoms. The average molecular weight is 765 g/mol. The Morgan fingerprint density at radius 3 is 1.40 bits per heavy atom. The molecule has 0 unspecified atom stereocenters. The molecule has 11 rings (SSSR count). The van der Waals surface area contributed by atoms with E-state index in [0.29, 0.717) is 23.0 Å². The van der Waals surface area contributed by atoms with Crippen molar-refractivity contribution in [2.45, 2.75) is 0 Å². The molecular formula is C54H32N6. The van der Waals surface area contributed by atoms with Crippen molar-refractivity contribution in [3.05, 3.63) is 200 Å². The number of aromatic nitrogens is 5.